The molecule has 0 saturated carbocycles. The highest BCUT2D eigenvalue weighted by atomic mass is 28.4. The van der Waals surface area contributed by atoms with Crippen molar-refractivity contribution in [2.45, 2.75) is 122 Å². The van der Waals surface area contributed by atoms with Crippen LogP contribution in [0, 0.1) is 0 Å². The quantitative estimate of drug-likeness (QED) is 0.143. The van der Waals surface area contributed by atoms with Gasteiger partial charge in [0.1, 0.15) is 24.4 Å². The number of alkyl halides is 1. The van der Waals surface area contributed by atoms with Gasteiger partial charge in [0.05, 0.1) is 30.6 Å². The number of carbonyl (C=O) groups excluding carboxylic acids is 2. The summed E-state index contributed by atoms with van der Waals surface area (Å²) in [5.74, 6) is 0.831. The minimum atomic E-state index is -2.43. The SMILES string of the molecule is CC(C)[Si](Oc1c(OCc2ccccc2)ccc2ncc(N[C@H]3CCN(C(=O)OC(C)(C)C)[C@H](C(=O)NCC(F)CO)C3)cc12)(C(C)C)C(C)C. The summed E-state index contributed by atoms with van der Waals surface area (Å²) in [7, 11) is -2.43. The lowest BCUT2D eigenvalue weighted by Gasteiger charge is -2.42. The van der Waals surface area contributed by atoms with Crippen LogP contribution in [0.2, 0.25) is 16.6 Å². The van der Waals surface area contributed by atoms with Crippen molar-refractivity contribution in [3.8, 4) is 11.5 Å². The van der Waals surface area contributed by atoms with Crippen LogP contribution in [0.5, 0.6) is 11.5 Å². The van der Waals surface area contributed by atoms with E-state index in [0.717, 1.165) is 22.2 Å². The van der Waals surface area contributed by atoms with Crippen molar-refractivity contribution < 1.29 is 33.0 Å². The van der Waals surface area contributed by atoms with Crippen LogP contribution in [0.25, 0.3) is 10.9 Å². The van der Waals surface area contributed by atoms with E-state index >= 15 is 0 Å². The normalized spacial score (nSPS) is 17.5. The number of hydrogen-bond donors (Lipinski definition) is 3. The Morgan fingerprint density at radius 1 is 1.04 bits per heavy atom. The van der Waals surface area contributed by atoms with E-state index in [4.69, 9.17) is 24.0 Å². The second-order valence-corrected chi connectivity index (χ2v) is 20.8. The summed E-state index contributed by atoms with van der Waals surface area (Å²) in [6.07, 6.45) is 0.348. The molecule has 0 radical (unpaired) electrons. The predicted molar refractivity (Wildman–Crippen MR) is 203 cm³/mol. The van der Waals surface area contributed by atoms with Crippen LogP contribution in [-0.4, -0.2) is 78.9 Å². The number of rotatable bonds is 14. The molecular formula is C39H57FN4O6Si. The number of carbonyl (C=O) groups is 2. The summed E-state index contributed by atoms with van der Waals surface area (Å²) in [6.45, 7) is 18.4. The van der Waals surface area contributed by atoms with E-state index < -0.39 is 44.7 Å². The van der Waals surface area contributed by atoms with E-state index in [1.165, 1.54) is 4.90 Å². The highest BCUT2D eigenvalue weighted by molar-refractivity contribution is 6.78. The minimum absolute atomic E-state index is 0.213. The maximum Gasteiger partial charge on any atom is 0.410 e. The van der Waals surface area contributed by atoms with Crippen molar-refractivity contribution in [1.29, 1.82) is 0 Å². The van der Waals surface area contributed by atoms with Crippen LogP contribution < -0.4 is 19.8 Å². The highest BCUT2D eigenvalue weighted by Gasteiger charge is 2.48. The Kier molecular flexibility index (Phi) is 13.4. The maximum atomic E-state index is 13.9. The van der Waals surface area contributed by atoms with Crippen LogP contribution in [0.4, 0.5) is 14.9 Å². The van der Waals surface area contributed by atoms with Crippen molar-refractivity contribution in [3.05, 3.63) is 60.3 Å². The third-order valence-corrected chi connectivity index (χ3v) is 15.6. The molecule has 1 unspecified atom stereocenters. The standard InChI is InChI=1S/C39H57FN4O6Si/c1-25(2)51(26(3)4,27(5)6)50-36-32-19-31(22-41-33(32)15-16-35(36)48-24-28-13-11-10-12-14-28)43-30-17-18-44(38(47)49-39(7,8)9)34(20-30)37(46)42-21-29(40)23-45/h10-16,19,22,25-27,29-30,34,43,45H,17-18,20-21,23-24H2,1-9H3,(H,42,46)/t29?,30-,34-/m0/s1. The Bertz CT molecular complexity index is 1590. The minimum Gasteiger partial charge on any atom is -0.540 e. The summed E-state index contributed by atoms with van der Waals surface area (Å²) in [5.41, 5.74) is 2.77. The van der Waals surface area contributed by atoms with Crippen molar-refractivity contribution in [1.82, 2.24) is 15.2 Å². The van der Waals surface area contributed by atoms with Crippen molar-refractivity contribution in [2.24, 2.45) is 0 Å². The monoisotopic (exact) mass is 724 g/mol. The number of nitrogens with zero attached hydrogens (tertiary/aromatic N) is 2. The van der Waals surface area contributed by atoms with Gasteiger partial charge < -0.3 is 29.6 Å². The van der Waals surface area contributed by atoms with Gasteiger partial charge in [0.2, 0.25) is 5.91 Å². The molecular weight excluding hydrogens is 668 g/mol. The fraction of sp³-hybridized carbons (Fsp3) is 0.564. The molecule has 2 aromatic carbocycles. The van der Waals surface area contributed by atoms with Gasteiger partial charge in [0, 0.05) is 18.0 Å². The van der Waals surface area contributed by atoms with Crippen LogP contribution in [0.3, 0.4) is 0 Å². The Morgan fingerprint density at radius 2 is 1.71 bits per heavy atom. The molecule has 1 aromatic heterocycles. The first kappa shape index (κ1) is 39.9. The number of fused-ring (bicyclic) bond motifs is 1. The predicted octanol–water partition coefficient (Wildman–Crippen LogP) is 7.99. The lowest BCUT2D eigenvalue weighted by Crippen LogP contribution is -2.57. The molecule has 3 aromatic rings. The van der Waals surface area contributed by atoms with Gasteiger partial charge in [0.15, 0.2) is 11.5 Å². The molecule has 4 rings (SSSR count). The number of amides is 2. The van der Waals surface area contributed by atoms with Gasteiger partial charge in [-0.05, 0) is 74.0 Å². The zero-order chi connectivity index (χ0) is 37.5. The number of nitrogens with one attached hydrogen (secondary N) is 2. The second kappa shape index (κ2) is 17.1. The lowest BCUT2D eigenvalue weighted by atomic mass is 9.96. The number of piperidine rings is 1. The molecule has 0 aliphatic carbocycles. The van der Waals surface area contributed by atoms with Crippen LogP contribution in [0.1, 0.15) is 80.7 Å². The Labute approximate surface area is 303 Å². The lowest BCUT2D eigenvalue weighted by molar-refractivity contribution is -0.128. The fourth-order valence-corrected chi connectivity index (χ4v) is 12.5. The number of anilines is 1. The van der Waals surface area contributed by atoms with Gasteiger partial charge in [-0.15, -0.1) is 0 Å². The molecule has 3 atom stereocenters. The molecule has 2 heterocycles. The molecule has 3 N–H and O–H groups in total. The van der Waals surface area contributed by atoms with E-state index in [2.05, 4.69) is 52.2 Å². The zero-order valence-electron chi connectivity index (χ0n) is 31.7. The Hall–Kier alpha value is -3.90. The van der Waals surface area contributed by atoms with E-state index in [1.807, 2.05) is 48.5 Å². The van der Waals surface area contributed by atoms with E-state index in [0.29, 0.717) is 41.2 Å². The molecule has 1 saturated heterocycles. The van der Waals surface area contributed by atoms with Gasteiger partial charge in [0.25, 0.3) is 8.32 Å². The number of aliphatic hydroxyl groups is 1. The number of benzene rings is 2. The molecule has 10 nitrogen and oxygen atoms in total. The van der Waals surface area contributed by atoms with Gasteiger partial charge in [-0.25, -0.2) is 9.18 Å². The smallest absolute Gasteiger partial charge is 0.410 e. The van der Waals surface area contributed by atoms with Crippen molar-refractivity contribution in [3.63, 3.8) is 0 Å². The summed E-state index contributed by atoms with van der Waals surface area (Å²) in [6, 6.07) is 14.8. The average Bonchev–Trinajstić information content (AvgIpc) is 3.07. The topological polar surface area (TPSA) is 122 Å². The number of likely N-dealkylation sites (tertiary alicyclic amines) is 1. The molecule has 280 valence electrons. The number of pyridine rings is 1. The molecule has 12 heteroatoms. The Balaban J connectivity index is 1.69. The highest BCUT2D eigenvalue weighted by Crippen LogP contribution is 2.47. The van der Waals surface area contributed by atoms with Crippen LogP contribution >= 0.6 is 0 Å². The fourth-order valence-electron chi connectivity index (χ4n) is 7.23. The zero-order valence-corrected chi connectivity index (χ0v) is 32.7. The Morgan fingerprint density at radius 3 is 2.31 bits per heavy atom. The van der Waals surface area contributed by atoms with Crippen LogP contribution in [0.15, 0.2) is 54.7 Å². The van der Waals surface area contributed by atoms with Gasteiger partial charge >= 0.3 is 6.09 Å². The summed E-state index contributed by atoms with van der Waals surface area (Å²) in [4.78, 5) is 32.7. The first-order valence-corrected chi connectivity index (χ1v) is 20.3. The summed E-state index contributed by atoms with van der Waals surface area (Å²) < 4.78 is 33.3. The number of halogens is 1. The van der Waals surface area contributed by atoms with E-state index in [9.17, 15) is 14.0 Å². The average molecular weight is 725 g/mol. The second-order valence-electron chi connectivity index (χ2n) is 15.5. The van der Waals surface area contributed by atoms with Crippen molar-refractivity contribution in [2.75, 3.05) is 25.0 Å². The summed E-state index contributed by atoms with van der Waals surface area (Å²) >= 11 is 0. The first-order chi connectivity index (χ1) is 24.0. The van der Waals surface area contributed by atoms with Gasteiger partial charge in [-0.1, -0.05) is 71.9 Å². The number of aliphatic hydroxyl groups excluding tert-OH is 1. The summed E-state index contributed by atoms with van der Waals surface area (Å²) in [5, 5.41) is 16.1. The number of hydrogen-bond acceptors (Lipinski definition) is 8. The number of ether oxygens (including phenoxy) is 2. The van der Waals surface area contributed by atoms with E-state index in [1.54, 1.807) is 27.0 Å². The molecule has 1 aliphatic rings. The van der Waals surface area contributed by atoms with Gasteiger partial charge in [-0.3, -0.25) is 14.7 Å². The third kappa shape index (κ3) is 9.91. The molecule has 2 amide bonds. The molecule has 1 fully saturated rings. The van der Waals surface area contributed by atoms with E-state index in [-0.39, 0.29) is 25.6 Å². The van der Waals surface area contributed by atoms with Gasteiger partial charge in [-0.2, -0.15) is 0 Å². The maximum absolute atomic E-state index is 13.9. The molecule has 1 aliphatic heterocycles. The number of aromatic nitrogens is 1. The third-order valence-electron chi connectivity index (χ3n) is 9.60. The molecule has 51 heavy (non-hydrogen) atoms. The van der Waals surface area contributed by atoms with Crippen molar-refractivity contribution >= 4 is 36.9 Å². The largest absolute Gasteiger partial charge is 0.540 e. The van der Waals surface area contributed by atoms with Crippen LogP contribution in [-0.2, 0) is 16.1 Å². The molecule has 0 spiro atoms. The molecule has 0 bridgehead atoms. The first-order valence-electron chi connectivity index (χ1n) is 18.1.